The summed E-state index contributed by atoms with van der Waals surface area (Å²) >= 11 is 0. The summed E-state index contributed by atoms with van der Waals surface area (Å²) in [4.78, 5) is 7.93. The van der Waals surface area contributed by atoms with Crippen molar-refractivity contribution in [3.63, 3.8) is 0 Å². The van der Waals surface area contributed by atoms with Gasteiger partial charge in [0.1, 0.15) is 5.82 Å². The van der Waals surface area contributed by atoms with E-state index in [1.165, 1.54) is 12.1 Å². The fourth-order valence-corrected chi connectivity index (χ4v) is 1.35. The highest BCUT2D eigenvalue weighted by molar-refractivity contribution is 5.99. The van der Waals surface area contributed by atoms with Crippen LogP contribution in [-0.2, 0) is 0 Å². The first kappa shape index (κ1) is 11.2. The summed E-state index contributed by atoms with van der Waals surface area (Å²) in [5.41, 5.74) is 2.67. The smallest absolute Gasteiger partial charge is 0.160 e. The largest absolute Gasteiger partial charge is 0.290 e. The summed E-state index contributed by atoms with van der Waals surface area (Å²) in [6.45, 7) is 0. The van der Waals surface area contributed by atoms with Crippen molar-refractivity contribution in [3.05, 3.63) is 60.2 Å². The highest BCUT2D eigenvalue weighted by Crippen LogP contribution is 2.13. The molecule has 5 heteroatoms. The summed E-state index contributed by atoms with van der Waals surface area (Å²) in [6.07, 6.45) is 3.13. The van der Waals surface area contributed by atoms with E-state index in [1.54, 1.807) is 36.7 Å². The number of benzene rings is 1. The molecule has 0 radical (unpaired) electrons. The van der Waals surface area contributed by atoms with Crippen molar-refractivity contribution in [2.24, 2.45) is 4.99 Å². The number of rotatable bonds is 2. The van der Waals surface area contributed by atoms with Crippen molar-refractivity contribution in [3.8, 4) is 0 Å². The van der Waals surface area contributed by atoms with E-state index in [0.29, 0.717) is 5.69 Å². The van der Waals surface area contributed by atoms with Crippen LogP contribution in [0.5, 0.6) is 0 Å². The van der Waals surface area contributed by atoms with Crippen molar-refractivity contribution < 1.29 is 9.60 Å². The number of nitrogens with zero attached hydrogens (tertiary/aromatic N) is 2. The van der Waals surface area contributed by atoms with Gasteiger partial charge in [0.2, 0.25) is 0 Å². The van der Waals surface area contributed by atoms with Gasteiger partial charge in [-0.25, -0.2) is 9.38 Å². The zero-order valence-electron chi connectivity index (χ0n) is 8.84. The molecule has 0 unspecified atom stereocenters. The topological polar surface area (TPSA) is 57.5 Å². The molecule has 0 bridgehead atoms. The maximum Gasteiger partial charge on any atom is 0.160 e. The number of hydroxylamine groups is 1. The van der Waals surface area contributed by atoms with E-state index in [-0.39, 0.29) is 11.4 Å². The van der Waals surface area contributed by atoms with Gasteiger partial charge in [0.05, 0.1) is 11.3 Å². The van der Waals surface area contributed by atoms with Crippen LogP contribution >= 0.6 is 0 Å². The van der Waals surface area contributed by atoms with Crippen LogP contribution < -0.4 is 5.48 Å². The number of amidine groups is 1. The maximum atomic E-state index is 13.5. The second kappa shape index (κ2) is 5.18. The highest BCUT2D eigenvalue weighted by Gasteiger charge is 2.07. The van der Waals surface area contributed by atoms with Crippen LogP contribution in [0.1, 0.15) is 5.56 Å². The molecule has 0 saturated heterocycles. The lowest BCUT2D eigenvalue weighted by molar-refractivity contribution is 0.235. The zero-order valence-corrected chi connectivity index (χ0v) is 8.84. The van der Waals surface area contributed by atoms with E-state index in [4.69, 9.17) is 5.21 Å². The van der Waals surface area contributed by atoms with Crippen molar-refractivity contribution in [1.29, 1.82) is 0 Å². The fourth-order valence-electron chi connectivity index (χ4n) is 1.35. The van der Waals surface area contributed by atoms with Gasteiger partial charge in [-0.3, -0.25) is 15.7 Å². The zero-order chi connectivity index (χ0) is 12.1. The van der Waals surface area contributed by atoms with Crippen LogP contribution in [0, 0.1) is 5.82 Å². The number of hydrogen-bond donors (Lipinski definition) is 2. The van der Waals surface area contributed by atoms with Crippen LogP contribution in [0.3, 0.4) is 0 Å². The van der Waals surface area contributed by atoms with Gasteiger partial charge in [0.15, 0.2) is 5.84 Å². The van der Waals surface area contributed by atoms with Crippen LogP contribution in [0.25, 0.3) is 0 Å². The SMILES string of the molecule is ONC(=Nc1ccncc1)c1ccccc1F. The lowest BCUT2D eigenvalue weighted by Crippen LogP contribution is -2.21. The molecule has 1 heterocycles. The van der Waals surface area contributed by atoms with Gasteiger partial charge in [0.25, 0.3) is 0 Å². The summed E-state index contributed by atoms with van der Waals surface area (Å²) in [7, 11) is 0. The van der Waals surface area contributed by atoms with Crippen LogP contribution in [-0.4, -0.2) is 16.0 Å². The normalized spacial score (nSPS) is 11.3. The standard InChI is InChI=1S/C12H10FN3O/c13-11-4-2-1-3-10(11)12(16-17)15-9-5-7-14-8-6-9/h1-8,17H,(H,14,15,16). The average Bonchev–Trinajstić information content (AvgIpc) is 2.38. The van der Waals surface area contributed by atoms with Gasteiger partial charge in [-0.2, -0.15) is 0 Å². The Morgan fingerprint density at radius 1 is 1.18 bits per heavy atom. The Kier molecular flexibility index (Phi) is 3.42. The molecular formula is C12H10FN3O. The number of pyridine rings is 1. The molecule has 2 rings (SSSR count). The van der Waals surface area contributed by atoms with E-state index >= 15 is 0 Å². The molecule has 0 aliphatic rings. The molecule has 0 fully saturated rings. The third-order valence-electron chi connectivity index (χ3n) is 2.14. The summed E-state index contributed by atoms with van der Waals surface area (Å²) < 4.78 is 13.5. The first-order chi connectivity index (χ1) is 8.31. The summed E-state index contributed by atoms with van der Waals surface area (Å²) in [5, 5.41) is 9.00. The van der Waals surface area contributed by atoms with Gasteiger partial charge in [0, 0.05) is 12.4 Å². The first-order valence-corrected chi connectivity index (χ1v) is 4.95. The Hall–Kier alpha value is -2.27. The molecule has 86 valence electrons. The number of aromatic nitrogens is 1. The van der Waals surface area contributed by atoms with E-state index in [9.17, 15) is 4.39 Å². The van der Waals surface area contributed by atoms with Gasteiger partial charge in [-0.15, -0.1) is 0 Å². The predicted octanol–water partition coefficient (Wildman–Crippen LogP) is 2.28. The van der Waals surface area contributed by atoms with E-state index in [1.807, 2.05) is 5.48 Å². The monoisotopic (exact) mass is 231 g/mol. The minimum atomic E-state index is -0.457. The fraction of sp³-hybridized carbons (Fsp3) is 0. The molecular weight excluding hydrogens is 221 g/mol. The van der Waals surface area contributed by atoms with Gasteiger partial charge in [-0.05, 0) is 24.3 Å². The Morgan fingerprint density at radius 2 is 1.88 bits per heavy atom. The minimum absolute atomic E-state index is 0.0503. The molecule has 0 aliphatic heterocycles. The predicted molar refractivity (Wildman–Crippen MR) is 61.8 cm³/mol. The quantitative estimate of drug-likeness (QED) is 0.473. The van der Waals surface area contributed by atoms with E-state index in [0.717, 1.165) is 0 Å². The second-order valence-corrected chi connectivity index (χ2v) is 3.26. The number of nitrogens with one attached hydrogen (secondary N) is 1. The molecule has 0 aliphatic carbocycles. The molecule has 2 N–H and O–H groups in total. The molecule has 0 spiro atoms. The molecule has 17 heavy (non-hydrogen) atoms. The third-order valence-corrected chi connectivity index (χ3v) is 2.14. The molecule has 4 nitrogen and oxygen atoms in total. The molecule has 2 aromatic rings. The number of halogens is 1. The van der Waals surface area contributed by atoms with Gasteiger partial charge < -0.3 is 0 Å². The lowest BCUT2D eigenvalue weighted by atomic mass is 10.2. The average molecular weight is 231 g/mol. The van der Waals surface area contributed by atoms with Gasteiger partial charge in [-0.1, -0.05) is 12.1 Å². The Bertz CT molecular complexity index is 528. The Morgan fingerprint density at radius 3 is 2.53 bits per heavy atom. The maximum absolute atomic E-state index is 13.5. The van der Waals surface area contributed by atoms with E-state index < -0.39 is 5.82 Å². The van der Waals surface area contributed by atoms with E-state index in [2.05, 4.69) is 9.98 Å². The third kappa shape index (κ3) is 2.64. The second-order valence-electron chi connectivity index (χ2n) is 3.26. The molecule has 0 saturated carbocycles. The van der Waals surface area contributed by atoms with Crippen molar-refractivity contribution in [1.82, 2.24) is 10.5 Å². The van der Waals surface area contributed by atoms with Crippen molar-refractivity contribution >= 4 is 11.5 Å². The number of aliphatic imine (C=N–C) groups is 1. The van der Waals surface area contributed by atoms with Crippen LogP contribution in [0.15, 0.2) is 53.8 Å². The van der Waals surface area contributed by atoms with Gasteiger partial charge >= 0.3 is 0 Å². The van der Waals surface area contributed by atoms with Crippen LogP contribution in [0.4, 0.5) is 10.1 Å². The molecule has 0 atom stereocenters. The summed E-state index contributed by atoms with van der Waals surface area (Å²) in [6, 6.07) is 9.36. The molecule has 1 aromatic heterocycles. The minimum Gasteiger partial charge on any atom is -0.290 e. The first-order valence-electron chi connectivity index (χ1n) is 4.95. The highest BCUT2D eigenvalue weighted by atomic mass is 19.1. The molecule has 1 aromatic carbocycles. The summed E-state index contributed by atoms with van der Waals surface area (Å²) in [5.74, 6) is -0.406. The van der Waals surface area contributed by atoms with Crippen LogP contribution in [0.2, 0.25) is 0 Å². The Labute approximate surface area is 97.4 Å². The van der Waals surface area contributed by atoms with Crippen molar-refractivity contribution in [2.45, 2.75) is 0 Å². The molecule has 0 amide bonds. The number of hydrogen-bond acceptors (Lipinski definition) is 3. The lowest BCUT2D eigenvalue weighted by Gasteiger charge is -2.05. The van der Waals surface area contributed by atoms with Crippen molar-refractivity contribution in [2.75, 3.05) is 0 Å². The Balaban J connectivity index is 2.41.